The second-order valence-corrected chi connectivity index (χ2v) is 7.04. The number of urea groups is 1. The maximum atomic E-state index is 12.7. The van der Waals surface area contributed by atoms with Gasteiger partial charge in [0.1, 0.15) is 0 Å². The van der Waals surface area contributed by atoms with E-state index in [2.05, 4.69) is 15.1 Å². The molecule has 0 aromatic rings. The number of nitrogens with zero attached hydrogens (tertiary/aromatic N) is 2. The van der Waals surface area contributed by atoms with Crippen molar-refractivity contribution >= 4 is 6.03 Å². The van der Waals surface area contributed by atoms with Crippen LogP contribution in [-0.2, 0) is 4.74 Å². The van der Waals surface area contributed by atoms with E-state index in [9.17, 15) is 4.79 Å². The highest BCUT2D eigenvalue weighted by Gasteiger charge is 2.29. The molecule has 5 heteroatoms. The zero-order chi connectivity index (χ0) is 15.2. The van der Waals surface area contributed by atoms with Crippen molar-refractivity contribution in [1.82, 2.24) is 15.1 Å². The number of nitrogens with one attached hydrogen (secondary N) is 1. The Labute approximate surface area is 134 Å². The summed E-state index contributed by atoms with van der Waals surface area (Å²) in [6.45, 7) is 5.63. The van der Waals surface area contributed by atoms with E-state index >= 15 is 0 Å². The summed E-state index contributed by atoms with van der Waals surface area (Å²) in [6, 6.07) is 0.980. The molecule has 1 aliphatic carbocycles. The van der Waals surface area contributed by atoms with E-state index in [1.807, 2.05) is 0 Å². The molecular weight excluding hydrogens is 278 g/mol. The minimum absolute atomic E-state index is 0.187. The Balaban J connectivity index is 1.57. The van der Waals surface area contributed by atoms with Gasteiger partial charge in [-0.05, 0) is 25.7 Å². The van der Waals surface area contributed by atoms with Gasteiger partial charge in [0.2, 0.25) is 0 Å². The SMILES string of the molecule is O=C(NC1CCCC1)N1CCCCCC1CN1CCOCC1. The van der Waals surface area contributed by atoms with Gasteiger partial charge in [-0.15, -0.1) is 0 Å². The lowest BCUT2D eigenvalue weighted by atomic mass is 10.1. The van der Waals surface area contributed by atoms with Gasteiger partial charge < -0.3 is 15.0 Å². The lowest BCUT2D eigenvalue weighted by Gasteiger charge is -2.36. The topological polar surface area (TPSA) is 44.8 Å². The fourth-order valence-electron chi connectivity index (χ4n) is 4.04. The van der Waals surface area contributed by atoms with Gasteiger partial charge in [-0.2, -0.15) is 0 Å². The molecule has 0 spiro atoms. The fourth-order valence-corrected chi connectivity index (χ4v) is 4.04. The van der Waals surface area contributed by atoms with E-state index in [0.29, 0.717) is 12.1 Å². The predicted octanol–water partition coefficient (Wildman–Crippen LogP) is 2.22. The summed E-state index contributed by atoms with van der Waals surface area (Å²) >= 11 is 0. The summed E-state index contributed by atoms with van der Waals surface area (Å²) in [6.07, 6.45) is 9.66. The average Bonchev–Trinajstić information content (AvgIpc) is 2.93. The van der Waals surface area contributed by atoms with Gasteiger partial charge >= 0.3 is 6.03 Å². The quantitative estimate of drug-likeness (QED) is 0.869. The molecule has 0 aromatic carbocycles. The van der Waals surface area contributed by atoms with Crippen molar-refractivity contribution in [2.75, 3.05) is 39.4 Å². The number of rotatable bonds is 3. The molecule has 3 aliphatic rings. The van der Waals surface area contributed by atoms with Crippen molar-refractivity contribution in [2.24, 2.45) is 0 Å². The summed E-state index contributed by atoms with van der Waals surface area (Å²) in [4.78, 5) is 17.3. The lowest BCUT2D eigenvalue weighted by Crippen LogP contribution is -2.53. The van der Waals surface area contributed by atoms with Crippen LogP contribution in [0.4, 0.5) is 4.79 Å². The second kappa shape index (κ2) is 8.16. The van der Waals surface area contributed by atoms with Crippen LogP contribution in [0.1, 0.15) is 51.4 Å². The number of hydrogen-bond acceptors (Lipinski definition) is 3. The predicted molar refractivity (Wildman–Crippen MR) is 87.0 cm³/mol. The molecule has 0 radical (unpaired) electrons. The number of hydrogen-bond donors (Lipinski definition) is 1. The van der Waals surface area contributed by atoms with Gasteiger partial charge in [-0.3, -0.25) is 4.90 Å². The van der Waals surface area contributed by atoms with Crippen LogP contribution in [0.3, 0.4) is 0 Å². The molecule has 2 amide bonds. The Bertz CT molecular complexity index is 352. The van der Waals surface area contributed by atoms with Gasteiger partial charge in [0.25, 0.3) is 0 Å². The van der Waals surface area contributed by atoms with E-state index in [4.69, 9.17) is 4.74 Å². The summed E-state index contributed by atoms with van der Waals surface area (Å²) in [5.41, 5.74) is 0. The van der Waals surface area contributed by atoms with Crippen LogP contribution < -0.4 is 5.32 Å². The first-order valence-corrected chi connectivity index (χ1v) is 9.20. The molecule has 2 saturated heterocycles. The minimum Gasteiger partial charge on any atom is -0.379 e. The van der Waals surface area contributed by atoms with Crippen LogP contribution in [0.2, 0.25) is 0 Å². The molecule has 2 heterocycles. The molecule has 3 fully saturated rings. The molecule has 126 valence electrons. The molecule has 1 unspecified atom stereocenters. The van der Waals surface area contributed by atoms with E-state index in [1.54, 1.807) is 0 Å². The van der Waals surface area contributed by atoms with Crippen molar-refractivity contribution in [2.45, 2.75) is 63.5 Å². The summed E-state index contributed by atoms with van der Waals surface area (Å²) in [5.74, 6) is 0. The molecule has 1 atom stereocenters. The number of carbonyl (C=O) groups is 1. The number of amides is 2. The first-order chi connectivity index (χ1) is 10.8. The van der Waals surface area contributed by atoms with Crippen LogP contribution in [0.5, 0.6) is 0 Å². The van der Waals surface area contributed by atoms with E-state index in [0.717, 1.165) is 65.1 Å². The van der Waals surface area contributed by atoms with Crippen molar-refractivity contribution in [3.63, 3.8) is 0 Å². The molecule has 5 nitrogen and oxygen atoms in total. The molecular formula is C17H31N3O2. The molecule has 0 aromatic heterocycles. The normalized spacial score (nSPS) is 28.5. The van der Waals surface area contributed by atoms with Crippen LogP contribution >= 0.6 is 0 Å². The van der Waals surface area contributed by atoms with Crippen LogP contribution in [-0.4, -0.2) is 67.3 Å². The van der Waals surface area contributed by atoms with Crippen molar-refractivity contribution in [1.29, 1.82) is 0 Å². The Morgan fingerprint density at radius 3 is 2.45 bits per heavy atom. The Kier molecular flexibility index (Phi) is 5.96. The van der Waals surface area contributed by atoms with Crippen molar-refractivity contribution < 1.29 is 9.53 Å². The van der Waals surface area contributed by atoms with Gasteiger partial charge in [0.15, 0.2) is 0 Å². The zero-order valence-corrected chi connectivity index (χ0v) is 13.8. The molecule has 2 aliphatic heterocycles. The number of morpholine rings is 1. The first-order valence-electron chi connectivity index (χ1n) is 9.20. The molecule has 22 heavy (non-hydrogen) atoms. The smallest absolute Gasteiger partial charge is 0.317 e. The Morgan fingerprint density at radius 2 is 1.68 bits per heavy atom. The third-order valence-electron chi connectivity index (χ3n) is 5.39. The van der Waals surface area contributed by atoms with Crippen LogP contribution in [0.15, 0.2) is 0 Å². The highest BCUT2D eigenvalue weighted by molar-refractivity contribution is 5.75. The third-order valence-corrected chi connectivity index (χ3v) is 5.39. The molecule has 1 saturated carbocycles. The van der Waals surface area contributed by atoms with Crippen molar-refractivity contribution in [3.8, 4) is 0 Å². The first kappa shape index (κ1) is 16.1. The van der Waals surface area contributed by atoms with E-state index in [-0.39, 0.29) is 6.03 Å². The molecule has 0 bridgehead atoms. The maximum absolute atomic E-state index is 12.7. The van der Waals surface area contributed by atoms with E-state index in [1.165, 1.54) is 25.7 Å². The molecule has 1 N–H and O–H groups in total. The highest BCUT2D eigenvalue weighted by Crippen LogP contribution is 2.21. The van der Waals surface area contributed by atoms with Gasteiger partial charge in [-0.25, -0.2) is 4.79 Å². The highest BCUT2D eigenvalue weighted by atomic mass is 16.5. The summed E-state index contributed by atoms with van der Waals surface area (Å²) in [7, 11) is 0. The van der Waals surface area contributed by atoms with Crippen LogP contribution in [0, 0.1) is 0 Å². The van der Waals surface area contributed by atoms with Crippen LogP contribution in [0.25, 0.3) is 0 Å². The summed E-state index contributed by atoms with van der Waals surface area (Å²) < 4.78 is 5.44. The van der Waals surface area contributed by atoms with Gasteiger partial charge in [-0.1, -0.05) is 25.7 Å². The minimum atomic E-state index is 0.187. The van der Waals surface area contributed by atoms with Crippen molar-refractivity contribution in [3.05, 3.63) is 0 Å². The summed E-state index contributed by atoms with van der Waals surface area (Å²) in [5, 5.41) is 3.29. The Morgan fingerprint density at radius 1 is 0.955 bits per heavy atom. The van der Waals surface area contributed by atoms with Gasteiger partial charge in [0.05, 0.1) is 13.2 Å². The maximum Gasteiger partial charge on any atom is 0.317 e. The third kappa shape index (κ3) is 4.35. The zero-order valence-electron chi connectivity index (χ0n) is 13.8. The molecule has 3 rings (SSSR count). The second-order valence-electron chi connectivity index (χ2n) is 7.04. The lowest BCUT2D eigenvalue weighted by molar-refractivity contribution is 0.0259. The average molecular weight is 309 g/mol. The van der Waals surface area contributed by atoms with Gasteiger partial charge in [0, 0.05) is 38.3 Å². The standard InChI is InChI=1S/C17H31N3O2/c21-17(18-15-6-3-4-7-15)20-9-5-1-2-8-16(20)14-19-10-12-22-13-11-19/h15-16H,1-14H2,(H,18,21). The Hall–Kier alpha value is -0.810. The number of likely N-dealkylation sites (tertiary alicyclic amines) is 1. The monoisotopic (exact) mass is 309 g/mol. The van der Waals surface area contributed by atoms with E-state index < -0.39 is 0 Å². The number of ether oxygens (including phenoxy) is 1. The largest absolute Gasteiger partial charge is 0.379 e. The number of carbonyl (C=O) groups excluding carboxylic acids is 1. The fraction of sp³-hybridized carbons (Fsp3) is 0.941.